The Labute approximate surface area is 173 Å². The van der Waals surface area contributed by atoms with Crippen LogP contribution >= 0.6 is 0 Å². The van der Waals surface area contributed by atoms with Crippen molar-refractivity contribution in [1.29, 1.82) is 0 Å². The van der Waals surface area contributed by atoms with Crippen LogP contribution in [0.4, 0.5) is 0 Å². The molecule has 0 aliphatic heterocycles. The Morgan fingerprint density at radius 1 is 0.481 bits per heavy atom. The van der Waals surface area contributed by atoms with E-state index in [1.165, 1.54) is 96.3 Å². The zero-order valence-electron chi connectivity index (χ0n) is 19.0. The summed E-state index contributed by atoms with van der Waals surface area (Å²) in [7, 11) is 0. The maximum Gasteiger partial charge on any atom is 0.00912 e. The average molecular weight is 375 g/mol. The van der Waals surface area contributed by atoms with Crippen molar-refractivity contribution in [1.82, 2.24) is 0 Å². The molecule has 0 aliphatic rings. The van der Waals surface area contributed by atoms with E-state index in [0.29, 0.717) is 0 Å². The quantitative estimate of drug-likeness (QED) is 0.156. The predicted octanol–water partition coefficient (Wildman–Crippen LogP) is 9.34. The van der Waals surface area contributed by atoms with Gasteiger partial charge in [0.2, 0.25) is 0 Å². The molecule has 0 spiro atoms. The second-order valence-corrected chi connectivity index (χ2v) is 8.81. The van der Waals surface area contributed by atoms with Crippen LogP contribution in [0.15, 0.2) is 0 Å². The maximum atomic E-state index is 3.92. The average Bonchev–Trinajstić information content (AvgIpc) is 2.66. The Balaban J connectivity index is 3.40. The van der Waals surface area contributed by atoms with Crippen molar-refractivity contribution in [3.8, 4) is 11.8 Å². The fraction of sp³-hybridized carbons (Fsp3) is 0.852. The molecular formula is C27H50. The molecule has 0 bridgehead atoms. The molecule has 0 saturated carbocycles. The highest BCUT2D eigenvalue weighted by molar-refractivity contribution is 4.98. The highest BCUT2D eigenvalue weighted by Gasteiger charge is 2.05. The van der Waals surface area contributed by atoms with Crippen LogP contribution in [0.5, 0.6) is 0 Å². The lowest BCUT2D eigenvalue weighted by molar-refractivity contribution is 0.401. The lowest BCUT2D eigenvalue weighted by atomic mass is 9.93. The molecule has 2 radical (unpaired) electrons. The third-order valence-corrected chi connectivity index (χ3v) is 5.78. The van der Waals surface area contributed by atoms with Crippen molar-refractivity contribution in [3.05, 3.63) is 13.8 Å². The summed E-state index contributed by atoms with van der Waals surface area (Å²) >= 11 is 0. The molecule has 0 heteroatoms. The first-order valence-corrected chi connectivity index (χ1v) is 12.2. The van der Waals surface area contributed by atoms with Crippen molar-refractivity contribution in [2.75, 3.05) is 0 Å². The Morgan fingerprint density at radius 3 is 1.56 bits per heavy atom. The molecule has 0 aromatic heterocycles. The largest absolute Gasteiger partial charge is 0.103 e. The molecule has 158 valence electrons. The van der Waals surface area contributed by atoms with E-state index in [2.05, 4.69) is 39.5 Å². The summed E-state index contributed by atoms with van der Waals surface area (Å²) in [6, 6.07) is 0. The summed E-state index contributed by atoms with van der Waals surface area (Å²) in [5, 5.41) is 0. The van der Waals surface area contributed by atoms with Crippen LogP contribution in [0.2, 0.25) is 0 Å². The molecule has 0 amide bonds. The van der Waals surface area contributed by atoms with E-state index in [4.69, 9.17) is 0 Å². The summed E-state index contributed by atoms with van der Waals surface area (Å²) < 4.78 is 0. The second kappa shape index (κ2) is 21.9. The molecule has 0 aromatic rings. The molecule has 0 saturated heterocycles. The van der Waals surface area contributed by atoms with Gasteiger partial charge in [-0.2, -0.15) is 0 Å². The van der Waals surface area contributed by atoms with Gasteiger partial charge in [0.1, 0.15) is 0 Å². The Hall–Kier alpha value is -0.440. The van der Waals surface area contributed by atoms with Gasteiger partial charge in [0, 0.05) is 12.8 Å². The highest BCUT2D eigenvalue weighted by atomic mass is 14.1. The zero-order valence-corrected chi connectivity index (χ0v) is 19.0. The first kappa shape index (κ1) is 26.6. The normalized spacial score (nSPS) is 13.2. The first-order chi connectivity index (χ1) is 13.2. The Morgan fingerprint density at radius 2 is 0.926 bits per heavy atom. The smallest absolute Gasteiger partial charge is 0.00912 e. The minimum Gasteiger partial charge on any atom is -0.103 e. The molecule has 27 heavy (non-hydrogen) atoms. The van der Waals surface area contributed by atoms with Crippen LogP contribution < -0.4 is 0 Å². The molecule has 0 rings (SSSR count). The van der Waals surface area contributed by atoms with Gasteiger partial charge in [0.15, 0.2) is 0 Å². The van der Waals surface area contributed by atoms with Crippen molar-refractivity contribution < 1.29 is 0 Å². The van der Waals surface area contributed by atoms with E-state index in [1.807, 2.05) is 0 Å². The van der Waals surface area contributed by atoms with Gasteiger partial charge in [-0.15, -0.1) is 11.8 Å². The molecule has 0 N–H and O–H groups in total. The van der Waals surface area contributed by atoms with Crippen molar-refractivity contribution in [2.45, 2.75) is 136 Å². The number of rotatable bonds is 19. The van der Waals surface area contributed by atoms with E-state index in [1.54, 1.807) is 0 Å². The summed E-state index contributed by atoms with van der Waals surface area (Å²) in [6.45, 7) is 12.7. The lowest BCUT2D eigenvalue weighted by Gasteiger charge is -2.13. The SMILES string of the molecule is [CH2]CCCCCCCC#CCCC(C)CCCC(C)CCCCCCC[CH2]. The predicted molar refractivity (Wildman–Crippen MR) is 125 cm³/mol. The van der Waals surface area contributed by atoms with Gasteiger partial charge in [-0.25, -0.2) is 0 Å². The summed E-state index contributed by atoms with van der Waals surface area (Å²) in [6.07, 6.45) is 24.9. The molecule has 0 fully saturated rings. The van der Waals surface area contributed by atoms with Gasteiger partial charge in [-0.05, 0) is 24.7 Å². The fourth-order valence-electron chi connectivity index (χ4n) is 3.72. The molecule has 0 nitrogen and oxygen atoms in total. The van der Waals surface area contributed by atoms with Gasteiger partial charge in [0.05, 0.1) is 0 Å². The number of hydrogen-bond acceptors (Lipinski definition) is 0. The minimum absolute atomic E-state index is 0.844. The third-order valence-electron chi connectivity index (χ3n) is 5.78. The molecule has 0 heterocycles. The van der Waals surface area contributed by atoms with Gasteiger partial charge in [0.25, 0.3) is 0 Å². The van der Waals surface area contributed by atoms with Crippen molar-refractivity contribution in [2.24, 2.45) is 11.8 Å². The van der Waals surface area contributed by atoms with E-state index in [-0.39, 0.29) is 0 Å². The van der Waals surface area contributed by atoms with Crippen LogP contribution in [0.1, 0.15) is 136 Å². The van der Waals surface area contributed by atoms with E-state index >= 15 is 0 Å². The molecule has 0 aromatic carbocycles. The van der Waals surface area contributed by atoms with E-state index < -0.39 is 0 Å². The number of hydrogen-bond donors (Lipinski definition) is 0. The monoisotopic (exact) mass is 374 g/mol. The first-order valence-electron chi connectivity index (χ1n) is 12.2. The van der Waals surface area contributed by atoms with Crippen molar-refractivity contribution in [3.63, 3.8) is 0 Å². The van der Waals surface area contributed by atoms with Crippen molar-refractivity contribution >= 4 is 0 Å². The molecule has 2 unspecified atom stereocenters. The van der Waals surface area contributed by atoms with E-state index in [0.717, 1.165) is 37.5 Å². The lowest BCUT2D eigenvalue weighted by Crippen LogP contribution is -1.99. The maximum absolute atomic E-state index is 3.92. The third kappa shape index (κ3) is 21.7. The standard InChI is InChI=1S/C27H50/c1-5-7-9-11-13-14-15-16-18-20-23-27(4)25-21-24-26(3)22-19-17-12-10-8-6-2/h26-27H,1-2,5-15,17,19-25H2,3-4H3. The molecule has 2 atom stereocenters. The Kier molecular flexibility index (Phi) is 21.5. The van der Waals surface area contributed by atoms with Gasteiger partial charge >= 0.3 is 0 Å². The van der Waals surface area contributed by atoms with Crippen LogP contribution in [0, 0.1) is 37.5 Å². The number of unbranched alkanes of at least 4 members (excludes halogenated alkanes) is 11. The van der Waals surface area contributed by atoms with Crippen LogP contribution in [0.25, 0.3) is 0 Å². The second-order valence-electron chi connectivity index (χ2n) is 8.81. The molecular weight excluding hydrogens is 324 g/mol. The van der Waals surface area contributed by atoms with Crippen LogP contribution in [0.3, 0.4) is 0 Å². The van der Waals surface area contributed by atoms with Crippen LogP contribution in [-0.4, -0.2) is 0 Å². The van der Waals surface area contributed by atoms with Gasteiger partial charge in [-0.1, -0.05) is 124 Å². The topological polar surface area (TPSA) is 0 Å². The fourth-order valence-corrected chi connectivity index (χ4v) is 3.72. The summed E-state index contributed by atoms with van der Waals surface area (Å²) in [5.74, 6) is 8.54. The summed E-state index contributed by atoms with van der Waals surface area (Å²) in [4.78, 5) is 0. The highest BCUT2D eigenvalue weighted by Crippen LogP contribution is 2.20. The Bertz CT molecular complexity index is 332. The van der Waals surface area contributed by atoms with Gasteiger partial charge < -0.3 is 0 Å². The minimum atomic E-state index is 0.844. The van der Waals surface area contributed by atoms with E-state index in [9.17, 15) is 0 Å². The van der Waals surface area contributed by atoms with Gasteiger partial charge in [-0.3, -0.25) is 0 Å². The molecule has 0 aliphatic carbocycles. The zero-order chi connectivity index (χ0) is 20.0. The summed E-state index contributed by atoms with van der Waals surface area (Å²) in [5.41, 5.74) is 0. The van der Waals surface area contributed by atoms with Crippen LogP contribution in [-0.2, 0) is 0 Å².